The summed E-state index contributed by atoms with van der Waals surface area (Å²) in [6, 6.07) is 2.07. The highest BCUT2D eigenvalue weighted by molar-refractivity contribution is 5.89. The molecule has 3 heterocycles. The molecule has 1 N–H and O–H groups in total. The van der Waals surface area contributed by atoms with E-state index in [1.165, 1.54) is 30.2 Å². The molecule has 6 rings (SSSR count). The summed E-state index contributed by atoms with van der Waals surface area (Å²) in [4.78, 5) is 49.4. The predicted octanol–water partition coefficient (Wildman–Crippen LogP) is 5.90. The molecule has 2 aliphatic carbocycles. The van der Waals surface area contributed by atoms with Crippen LogP contribution in [0.1, 0.15) is 71.9 Å². The Hall–Kier alpha value is -3.71. The van der Waals surface area contributed by atoms with Crippen molar-refractivity contribution in [2.45, 2.75) is 102 Å². The fourth-order valence-corrected chi connectivity index (χ4v) is 7.86. The summed E-state index contributed by atoms with van der Waals surface area (Å²) < 4.78 is 80.7. The van der Waals surface area contributed by atoms with Crippen LogP contribution in [-0.4, -0.2) is 77.0 Å². The molecule has 1 saturated heterocycles. The van der Waals surface area contributed by atoms with Crippen molar-refractivity contribution < 1.29 is 46.2 Å². The number of benzene rings is 1. The number of alkyl halides is 4. The standard InChI is InChI=1S/C34H42F4N4O6/c1-6-19-24(16-43)42-15-26(19)47-29-27(39-22-10-9-18(46-5)14-23(22)40-29)34(37,38)33(35,36)11-7-8-20-21-12-17(21)13-25(20)48-31(45)41-28(30(42)44)32(2,3)4/h9-10,14,16-17,19-21,24-26,28H,6-8,11-13,15H2,1-5H3,(H,41,45)/t17?,19-,20+,21?,24+,25+,26-,28+/m0/s1. The van der Waals surface area contributed by atoms with Crippen LogP contribution < -0.4 is 14.8 Å². The van der Waals surface area contributed by atoms with Crippen molar-refractivity contribution in [1.29, 1.82) is 0 Å². The SMILES string of the molecule is CC[C@@H]1[C@@H]2CN(C(=O)[C@H](C(C)(C)C)NC(=O)O[C@@H]3CC4CC4[C@H]3CCCC(F)(F)C(F)(F)c3nc4ccc(OC)cc4nc3O2)[C@@H]1C=O. The van der Waals surface area contributed by atoms with Gasteiger partial charge in [0, 0.05) is 18.4 Å². The molecule has 2 saturated carbocycles. The van der Waals surface area contributed by atoms with Gasteiger partial charge in [-0.25, -0.2) is 14.8 Å². The second kappa shape index (κ2) is 12.3. The van der Waals surface area contributed by atoms with Crippen LogP contribution >= 0.6 is 0 Å². The quantitative estimate of drug-likeness (QED) is 0.315. The maximum atomic E-state index is 16.1. The molecule has 2 aliphatic heterocycles. The van der Waals surface area contributed by atoms with Crippen LogP contribution in [0.3, 0.4) is 0 Å². The summed E-state index contributed by atoms with van der Waals surface area (Å²) in [6.07, 6.45) is -1.48. The van der Waals surface area contributed by atoms with E-state index in [1.807, 2.05) is 0 Å². The number of alkyl carbamates (subject to hydrolysis) is 1. The third kappa shape index (κ3) is 6.04. The van der Waals surface area contributed by atoms with E-state index in [0.717, 1.165) is 6.42 Å². The van der Waals surface area contributed by atoms with E-state index in [1.54, 1.807) is 27.7 Å². The second-order valence-corrected chi connectivity index (χ2v) is 14.7. The number of hydrogen-bond acceptors (Lipinski definition) is 8. The van der Waals surface area contributed by atoms with Crippen LogP contribution in [0.25, 0.3) is 11.0 Å². The Labute approximate surface area is 276 Å². The van der Waals surface area contributed by atoms with Gasteiger partial charge in [0.1, 0.15) is 30.3 Å². The summed E-state index contributed by atoms with van der Waals surface area (Å²) in [5.74, 6) is -10.9. The molecule has 262 valence electrons. The van der Waals surface area contributed by atoms with Gasteiger partial charge in [0.25, 0.3) is 0 Å². The third-order valence-corrected chi connectivity index (χ3v) is 10.6. The molecule has 10 nitrogen and oxygen atoms in total. The maximum absolute atomic E-state index is 16.1. The van der Waals surface area contributed by atoms with Gasteiger partial charge in [-0.3, -0.25) is 4.79 Å². The summed E-state index contributed by atoms with van der Waals surface area (Å²) in [5.41, 5.74) is -2.13. The first-order chi connectivity index (χ1) is 22.6. The van der Waals surface area contributed by atoms with Gasteiger partial charge in [0.15, 0.2) is 5.69 Å². The minimum atomic E-state index is -4.79. The molecule has 14 heteroatoms. The highest BCUT2D eigenvalue weighted by Gasteiger charge is 2.61. The zero-order valence-corrected chi connectivity index (χ0v) is 27.7. The molecule has 48 heavy (non-hydrogen) atoms. The minimum absolute atomic E-state index is 0.0636. The number of amides is 2. The van der Waals surface area contributed by atoms with Crippen molar-refractivity contribution in [3.8, 4) is 11.6 Å². The fraction of sp³-hybridized carbons (Fsp3) is 0.676. The Morgan fingerprint density at radius 1 is 1.06 bits per heavy atom. The first-order valence-corrected chi connectivity index (χ1v) is 16.6. The molecule has 2 unspecified atom stereocenters. The van der Waals surface area contributed by atoms with Crippen molar-refractivity contribution in [1.82, 2.24) is 20.2 Å². The number of carbonyl (C=O) groups is 3. The van der Waals surface area contributed by atoms with Crippen LogP contribution in [0.15, 0.2) is 18.2 Å². The Balaban J connectivity index is 1.45. The Morgan fingerprint density at radius 2 is 1.81 bits per heavy atom. The van der Waals surface area contributed by atoms with Gasteiger partial charge in [-0.05, 0) is 67.4 Å². The zero-order valence-electron chi connectivity index (χ0n) is 27.7. The molecule has 2 aromatic rings. The lowest BCUT2D eigenvalue weighted by molar-refractivity contribution is -0.223. The normalized spacial score (nSPS) is 33.2. The number of fused-ring (bicyclic) bond motifs is 7. The number of hydrogen-bond donors (Lipinski definition) is 1. The van der Waals surface area contributed by atoms with Gasteiger partial charge in [0.2, 0.25) is 11.8 Å². The molecule has 4 aliphatic rings. The number of carbonyl (C=O) groups excluding carboxylic acids is 3. The molecule has 8 atom stereocenters. The number of ether oxygens (including phenoxy) is 3. The summed E-state index contributed by atoms with van der Waals surface area (Å²) in [6.45, 7) is 6.78. The Morgan fingerprint density at radius 3 is 2.48 bits per heavy atom. The first-order valence-electron chi connectivity index (χ1n) is 16.6. The number of nitrogens with zero attached hydrogens (tertiary/aromatic N) is 3. The topological polar surface area (TPSA) is 120 Å². The van der Waals surface area contributed by atoms with Gasteiger partial charge in [-0.2, -0.15) is 17.6 Å². The van der Waals surface area contributed by atoms with Crippen LogP contribution in [0.5, 0.6) is 11.6 Å². The van der Waals surface area contributed by atoms with E-state index in [0.29, 0.717) is 18.5 Å². The van der Waals surface area contributed by atoms with Crippen LogP contribution in [0.2, 0.25) is 0 Å². The highest BCUT2D eigenvalue weighted by Crippen LogP contribution is 2.58. The molecule has 3 fully saturated rings. The van der Waals surface area contributed by atoms with Crippen molar-refractivity contribution in [3.05, 3.63) is 23.9 Å². The monoisotopic (exact) mass is 678 g/mol. The lowest BCUT2D eigenvalue weighted by Gasteiger charge is -2.35. The predicted molar refractivity (Wildman–Crippen MR) is 165 cm³/mol. The van der Waals surface area contributed by atoms with Crippen molar-refractivity contribution >= 4 is 29.3 Å². The lowest BCUT2D eigenvalue weighted by Crippen LogP contribution is -2.56. The average Bonchev–Trinajstić information content (AvgIpc) is 3.58. The fourth-order valence-electron chi connectivity index (χ4n) is 7.86. The van der Waals surface area contributed by atoms with E-state index in [9.17, 15) is 14.4 Å². The van der Waals surface area contributed by atoms with Crippen LogP contribution in [-0.2, 0) is 20.2 Å². The van der Waals surface area contributed by atoms with Crippen molar-refractivity contribution in [2.75, 3.05) is 13.7 Å². The molecule has 0 spiro atoms. The number of methoxy groups -OCH3 is 1. The van der Waals surface area contributed by atoms with E-state index < -0.39 is 77.5 Å². The first kappa shape index (κ1) is 34.2. The number of nitrogens with one attached hydrogen (secondary N) is 1. The average molecular weight is 679 g/mol. The molecular formula is C34H42F4N4O6. The third-order valence-electron chi connectivity index (χ3n) is 10.6. The van der Waals surface area contributed by atoms with E-state index in [2.05, 4.69) is 15.3 Å². The van der Waals surface area contributed by atoms with Crippen molar-refractivity contribution in [3.63, 3.8) is 0 Å². The van der Waals surface area contributed by atoms with E-state index in [-0.39, 0.29) is 54.6 Å². The molecule has 2 bridgehead atoms. The molecule has 0 radical (unpaired) electrons. The second-order valence-electron chi connectivity index (χ2n) is 14.7. The molecule has 1 aromatic heterocycles. The summed E-state index contributed by atoms with van der Waals surface area (Å²) >= 11 is 0. The molecular weight excluding hydrogens is 636 g/mol. The van der Waals surface area contributed by atoms with Gasteiger partial charge < -0.3 is 29.2 Å². The Bertz CT molecular complexity index is 1580. The zero-order chi connectivity index (χ0) is 34.8. The largest absolute Gasteiger partial charge is 0.497 e. The number of halogens is 4. The number of aromatic nitrogens is 2. The lowest BCUT2D eigenvalue weighted by atomic mass is 9.85. The van der Waals surface area contributed by atoms with Crippen LogP contribution in [0.4, 0.5) is 22.4 Å². The highest BCUT2D eigenvalue weighted by atomic mass is 19.3. The number of rotatable bonds is 3. The van der Waals surface area contributed by atoms with Gasteiger partial charge >= 0.3 is 17.9 Å². The molecule has 1 aromatic carbocycles. The van der Waals surface area contributed by atoms with E-state index >= 15 is 17.6 Å². The van der Waals surface area contributed by atoms with Gasteiger partial charge in [0.05, 0.1) is 30.7 Å². The van der Waals surface area contributed by atoms with Crippen molar-refractivity contribution in [2.24, 2.45) is 29.1 Å². The van der Waals surface area contributed by atoms with Gasteiger partial charge in [-0.1, -0.05) is 27.7 Å². The molecule has 2 amide bonds. The van der Waals surface area contributed by atoms with Crippen LogP contribution in [0, 0.1) is 29.1 Å². The smallest absolute Gasteiger partial charge is 0.408 e. The van der Waals surface area contributed by atoms with Gasteiger partial charge in [-0.15, -0.1) is 0 Å². The van der Waals surface area contributed by atoms with E-state index in [4.69, 9.17) is 14.2 Å². The minimum Gasteiger partial charge on any atom is -0.497 e. The maximum Gasteiger partial charge on any atom is 0.408 e. The summed E-state index contributed by atoms with van der Waals surface area (Å²) in [5, 5.41) is 2.72. The summed E-state index contributed by atoms with van der Waals surface area (Å²) in [7, 11) is 1.40. The number of aldehydes is 1. The Kier molecular flexibility index (Phi) is 8.76.